The van der Waals surface area contributed by atoms with E-state index in [9.17, 15) is 31.2 Å². The number of aromatic nitrogens is 1. The number of benzene rings is 1. The molecule has 0 N–H and O–H groups in total. The average Bonchev–Trinajstić information content (AvgIpc) is 2.89. The third kappa shape index (κ3) is 3.76. The number of imide groups is 1. The molecule has 1 saturated heterocycles. The number of carbonyl (C=O) groups excluding carboxylic acids is 2. The second-order valence-electron chi connectivity index (χ2n) is 6.82. The molecule has 0 spiro atoms. The van der Waals surface area contributed by atoms with Crippen molar-refractivity contribution in [1.82, 2.24) is 9.88 Å². The number of pyridine rings is 1. The maximum atomic E-state index is 12.8. The van der Waals surface area contributed by atoms with E-state index in [1.54, 1.807) is 19.3 Å². The monoisotopic (exact) mass is 441 g/mol. The van der Waals surface area contributed by atoms with Crippen LogP contribution in [0, 0.1) is 6.92 Å². The lowest BCUT2D eigenvalue weighted by Gasteiger charge is -2.20. The molecule has 0 radical (unpaired) electrons. The van der Waals surface area contributed by atoms with Gasteiger partial charge in [0.05, 0.1) is 10.6 Å². The first-order chi connectivity index (χ1) is 13.9. The predicted molar refractivity (Wildman–Crippen MR) is 101 cm³/mol. The number of carbonyl (C=O) groups is 2. The van der Waals surface area contributed by atoms with E-state index in [0.29, 0.717) is 6.42 Å². The van der Waals surface area contributed by atoms with Crippen molar-refractivity contribution in [3.05, 3.63) is 53.9 Å². The van der Waals surface area contributed by atoms with Crippen molar-refractivity contribution >= 4 is 27.5 Å². The van der Waals surface area contributed by atoms with Crippen molar-refractivity contribution in [2.24, 2.45) is 0 Å². The van der Waals surface area contributed by atoms with E-state index < -0.39 is 38.2 Å². The summed E-state index contributed by atoms with van der Waals surface area (Å²) in [6.07, 6.45) is 3.82. The molecule has 160 valence electrons. The molecule has 1 aliphatic heterocycles. The van der Waals surface area contributed by atoms with E-state index in [2.05, 4.69) is 4.98 Å². The lowest BCUT2D eigenvalue weighted by molar-refractivity contribution is -0.119. The van der Waals surface area contributed by atoms with Gasteiger partial charge in [-0.1, -0.05) is 0 Å². The van der Waals surface area contributed by atoms with Crippen molar-refractivity contribution in [3.8, 4) is 0 Å². The first-order valence-electron chi connectivity index (χ1n) is 8.90. The van der Waals surface area contributed by atoms with E-state index in [0.717, 1.165) is 40.3 Å². The molecule has 1 aromatic carbocycles. The number of sulfone groups is 1. The quantitative estimate of drug-likeness (QED) is 0.666. The normalized spacial score (nSPS) is 17.7. The molecular weight excluding hydrogens is 423 g/mol. The highest BCUT2D eigenvalue weighted by molar-refractivity contribution is 7.92. The molecule has 3 rings (SSSR count). The van der Waals surface area contributed by atoms with Crippen LogP contribution in [0.15, 0.2) is 47.6 Å². The molecule has 0 saturated carbocycles. The summed E-state index contributed by atoms with van der Waals surface area (Å²) in [5, 5.41) is 0. The summed E-state index contributed by atoms with van der Waals surface area (Å²) in [6, 6.07) is 3.91. The number of halogens is 3. The van der Waals surface area contributed by atoms with Gasteiger partial charge in [-0.15, -0.1) is 0 Å². The van der Waals surface area contributed by atoms with Gasteiger partial charge in [-0.3, -0.25) is 9.78 Å². The number of alkyl halides is 3. The fourth-order valence-corrected chi connectivity index (χ4v) is 3.93. The standard InChI is InChI=1S/C19H18F3N3O4S/c1-12-11-23-9-7-14(12)8-10-24-13(2)17(26)25(18(24)27)15-3-5-16(6-4-15)30(28,29)19(20,21)22/h3-7,9,11,13H,8,10H2,1-2H3/t13-/m1/s1. The lowest BCUT2D eigenvalue weighted by Crippen LogP contribution is -2.35. The highest BCUT2D eigenvalue weighted by Gasteiger charge is 2.47. The Morgan fingerprint density at radius 1 is 1.10 bits per heavy atom. The zero-order valence-electron chi connectivity index (χ0n) is 16.0. The van der Waals surface area contributed by atoms with Crippen LogP contribution >= 0.6 is 0 Å². The molecule has 11 heteroatoms. The first-order valence-corrected chi connectivity index (χ1v) is 10.4. The molecule has 7 nitrogen and oxygen atoms in total. The van der Waals surface area contributed by atoms with Crippen LogP contribution < -0.4 is 4.90 Å². The average molecular weight is 441 g/mol. The van der Waals surface area contributed by atoms with E-state index in [-0.39, 0.29) is 12.2 Å². The molecule has 30 heavy (non-hydrogen) atoms. The van der Waals surface area contributed by atoms with Crippen LogP contribution in [0.2, 0.25) is 0 Å². The number of rotatable bonds is 5. The SMILES string of the molecule is Cc1cnccc1CCN1C(=O)N(c2ccc(S(=O)(=O)C(F)(F)F)cc2)C(=O)[C@H]1C. The number of aryl methyl sites for hydroxylation is 1. The molecule has 0 bridgehead atoms. The summed E-state index contributed by atoms with van der Waals surface area (Å²) in [4.78, 5) is 30.6. The smallest absolute Gasteiger partial charge is 0.312 e. The summed E-state index contributed by atoms with van der Waals surface area (Å²) in [5.41, 5.74) is -3.52. The molecule has 1 aliphatic rings. The largest absolute Gasteiger partial charge is 0.501 e. The Balaban J connectivity index is 1.81. The third-order valence-electron chi connectivity index (χ3n) is 4.95. The number of nitrogens with zero attached hydrogens (tertiary/aromatic N) is 3. The van der Waals surface area contributed by atoms with Gasteiger partial charge in [-0.2, -0.15) is 13.2 Å². The summed E-state index contributed by atoms with van der Waals surface area (Å²) < 4.78 is 61.0. The van der Waals surface area contributed by atoms with Gasteiger partial charge >= 0.3 is 11.5 Å². The summed E-state index contributed by atoms with van der Waals surface area (Å²) in [6.45, 7) is 3.70. The van der Waals surface area contributed by atoms with Gasteiger partial charge in [0, 0.05) is 18.9 Å². The molecule has 2 heterocycles. The molecule has 1 fully saturated rings. The van der Waals surface area contributed by atoms with Crippen LogP contribution in [0.5, 0.6) is 0 Å². The van der Waals surface area contributed by atoms with Crippen LogP contribution in [-0.4, -0.2) is 48.3 Å². The van der Waals surface area contributed by atoms with Gasteiger partial charge in [0.2, 0.25) is 0 Å². The molecule has 3 amide bonds. The zero-order chi connectivity index (χ0) is 22.3. The van der Waals surface area contributed by atoms with Crippen LogP contribution in [0.1, 0.15) is 18.1 Å². The Hall–Kier alpha value is -2.95. The first kappa shape index (κ1) is 21.8. The fourth-order valence-electron chi connectivity index (χ4n) is 3.17. The Bertz CT molecular complexity index is 1080. The minimum absolute atomic E-state index is 0.000524. The maximum absolute atomic E-state index is 12.8. The number of anilines is 1. The van der Waals surface area contributed by atoms with Gasteiger partial charge in [0.15, 0.2) is 0 Å². The molecular formula is C19H18F3N3O4S. The van der Waals surface area contributed by atoms with E-state index in [1.807, 2.05) is 13.0 Å². The van der Waals surface area contributed by atoms with E-state index >= 15 is 0 Å². The number of hydrogen-bond donors (Lipinski definition) is 0. The fraction of sp³-hybridized carbons (Fsp3) is 0.316. The van der Waals surface area contributed by atoms with Gasteiger partial charge in [-0.25, -0.2) is 18.1 Å². The highest BCUT2D eigenvalue weighted by atomic mass is 32.2. The third-order valence-corrected chi connectivity index (χ3v) is 6.45. The molecule has 1 atom stereocenters. The van der Waals surface area contributed by atoms with Crippen LogP contribution in [0.3, 0.4) is 0 Å². The molecule has 0 aliphatic carbocycles. The Kier molecular flexibility index (Phi) is 5.59. The topological polar surface area (TPSA) is 87.7 Å². The predicted octanol–water partition coefficient (Wildman–Crippen LogP) is 3.08. The summed E-state index contributed by atoms with van der Waals surface area (Å²) in [5.74, 6) is -0.544. The molecule has 1 aromatic heterocycles. The van der Waals surface area contributed by atoms with Gasteiger partial charge in [0.1, 0.15) is 6.04 Å². The minimum atomic E-state index is -5.51. The van der Waals surface area contributed by atoms with Crippen LogP contribution in [-0.2, 0) is 21.1 Å². The van der Waals surface area contributed by atoms with Gasteiger partial charge in [-0.05, 0) is 61.7 Å². The van der Waals surface area contributed by atoms with Crippen molar-refractivity contribution < 1.29 is 31.2 Å². The Morgan fingerprint density at radius 3 is 2.30 bits per heavy atom. The minimum Gasteiger partial charge on any atom is -0.312 e. The van der Waals surface area contributed by atoms with Crippen LogP contribution in [0.25, 0.3) is 0 Å². The van der Waals surface area contributed by atoms with Crippen molar-refractivity contribution in [3.63, 3.8) is 0 Å². The second kappa shape index (κ2) is 7.71. The molecule has 2 aromatic rings. The second-order valence-corrected chi connectivity index (χ2v) is 8.76. The Morgan fingerprint density at radius 2 is 1.73 bits per heavy atom. The van der Waals surface area contributed by atoms with E-state index in [4.69, 9.17) is 0 Å². The lowest BCUT2D eigenvalue weighted by atomic mass is 10.1. The number of hydrogen-bond acceptors (Lipinski definition) is 5. The summed E-state index contributed by atoms with van der Waals surface area (Å²) >= 11 is 0. The van der Waals surface area contributed by atoms with Crippen molar-refractivity contribution in [2.45, 2.75) is 36.7 Å². The van der Waals surface area contributed by atoms with Crippen LogP contribution in [0.4, 0.5) is 23.7 Å². The zero-order valence-corrected chi connectivity index (χ0v) is 16.9. The van der Waals surface area contributed by atoms with Crippen molar-refractivity contribution in [2.75, 3.05) is 11.4 Å². The highest BCUT2D eigenvalue weighted by Crippen LogP contribution is 2.32. The van der Waals surface area contributed by atoms with Crippen molar-refractivity contribution in [1.29, 1.82) is 0 Å². The summed E-state index contributed by atoms with van der Waals surface area (Å²) in [7, 11) is -5.51. The van der Waals surface area contributed by atoms with Gasteiger partial charge < -0.3 is 4.90 Å². The molecule has 0 unspecified atom stereocenters. The number of urea groups is 1. The Labute approximate surface area is 171 Å². The maximum Gasteiger partial charge on any atom is 0.501 e. The van der Waals surface area contributed by atoms with Gasteiger partial charge in [0.25, 0.3) is 15.7 Å². The van der Waals surface area contributed by atoms with E-state index in [1.165, 1.54) is 4.90 Å². The number of amides is 3.